The van der Waals surface area contributed by atoms with Crippen molar-refractivity contribution in [2.45, 2.75) is 17.4 Å². The van der Waals surface area contributed by atoms with E-state index in [1.165, 1.54) is 20.2 Å². The van der Waals surface area contributed by atoms with Gasteiger partial charge in [0.1, 0.15) is 21.8 Å². The lowest BCUT2D eigenvalue weighted by Gasteiger charge is -2.15. The molecule has 0 saturated heterocycles. The Hall–Kier alpha value is -0.530. The van der Waals surface area contributed by atoms with Gasteiger partial charge in [0.05, 0.1) is 11.6 Å². The molecule has 1 N–H and O–H groups in total. The molecule has 1 unspecified atom stereocenters. The van der Waals surface area contributed by atoms with E-state index < -0.39 is 16.1 Å². The number of halogens is 2. The van der Waals surface area contributed by atoms with Crippen molar-refractivity contribution in [2.24, 2.45) is 0 Å². The van der Waals surface area contributed by atoms with E-state index in [0.717, 1.165) is 4.31 Å². The monoisotopic (exact) mass is 325 g/mol. The maximum Gasteiger partial charge on any atom is 0.244 e. The Morgan fingerprint density at radius 2 is 2.05 bits per heavy atom. The number of hydrogen-bond donors (Lipinski definition) is 1. The Morgan fingerprint density at radius 1 is 1.42 bits per heavy atom. The van der Waals surface area contributed by atoms with Crippen LogP contribution in [0.15, 0.2) is 11.0 Å². The van der Waals surface area contributed by atoms with Crippen molar-refractivity contribution >= 4 is 33.2 Å². The van der Waals surface area contributed by atoms with Crippen molar-refractivity contribution in [3.63, 3.8) is 0 Å². The van der Waals surface area contributed by atoms with E-state index in [9.17, 15) is 8.42 Å². The molecular weight excluding hydrogens is 313 g/mol. The Bertz CT molecular complexity index is 616. The second kappa shape index (κ2) is 5.10. The van der Waals surface area contributed by atoms with E-state index >= 15 is 0 Å². The highest BCUT2D eigenvalue weighted by molar-refractivity contribution is 7.89. The molecular formula is C11H13Cl2NO4S. The van der Waals surface area contributed by atoms with E-state index in [4.69, 9.17) is 33.0 Å². The van der Waals surface area contributed by atoms with Crippen LogP contribution in [0, 0.1) is 0 Å². The minimum atomic E-state index is -3.68. The summed E-state index contributed by atoms with van der Waals surface area (Å²) in [7, 11) is -0.844. The molecule has 1 atom stereocenters. The van der Waals surface area contributed by atoms with Crippen molar-refractivity contribution in [3.05, 3.63) is 21.7 Å². The molecule has 0 radical (unpaired) electrons. The van der Waals surface area contributed by atoms with Crippen LogP contribution in [0.2, 0.25) is 10.0 Å². The minimum absolute atomic E-state index is 0.0508. The molecule has 0 bridgehead atoms. The summed E-state index contributed by atoms with van der Waals surface area (Å²) in [5.74, 6) is 0.350. The van der Waals surface area contributed by atoms with Crippen LogP contribution in [-0.2, 0) is 16.4 Å². The summed E-state index contributed by atoms with van der Waals surface area (Å²) in [6.45, 7) is -0.168. The van der Waals surface area contributed by atoms with Crippen LogP contribution >= 0.6 is 23.2 Å². The van der Waals surface area contributed by atoms with E-state index in [1.807, 2.05) is 0 Å². The number of hydrogen-bond acceptors (Lipinski definition) is 4. The fraction of sp³-hybridized carbons (Fsp3) is 0.455. The van der Waals surface area contributed by atoms with E-state index in [0.29, 0.717) is 17.7 Å². The summed E-state index contributed by atoms with van der Waals surface area (Å²) in [4.78, 5) is -0.0508. The normalized spacial score (nSPS) is 18.5. The topological polar surface area (TPSA) is 66.8 Å². The van der Waals surface area contributed by atoms with Crippen LogP contribution in [0.3, 0.4) is 0 Å². The fourth-order valence-corrected chi connectivity index (χ4v) is 3.62. The lowest BCUT2D eigenvalue weighted by atomic mass is 10.1. The lowest BCUT2D eigenvalue weighted by molar-refractivity contribution is 0.134. The molecule has 2 rings (SSSR count). The molecule has 1 aromatic rings. The van der Waals surface area contributed by atoms with Gasteiger partial charge in [-0.3, -0.25) is 0 Å². The molecule has 0 saturated carbocycles. The highest BCUT2D eigenvalue weighted by Crippen LogP contribution is 2.44. The Kier molecular flexibility index (Phi) is 3.99. The molecule has 0 fully saturated rings. The molecule has 106 valence electrons. The fourth-order valence-electron chi connectivity index (χ4n) is 1.85. The molecule has 19 heavy (non-hydrogen) atoms. The number of ether oxygens (including phenoxy) is 1. The van der Waals surface area contributed by atoms with Crippen molar-refractivity contribution in [1.29, 1.82) is 0 Å². The first-order valence-corrected chi connectivity index (χ1v) is 7.69. The van der Waals surface area contributed by atoms with Crippen LogP contribution in [0.1, 0.15) is 5.56 Å². The van der Waals surface area contributed by atoms with Gasteiger partial charge in [-0.25, -0.2) is 12.7 Å². The molecule has 1 aliphatic rings. The summed E-state index contributed by atoms with van der Waals surface area (Å²) < 4.78 is 30.8. The third-order valence-electron chi connectivity index (χ3n) is 2.90. The van der Waals surface area contributed by atoms with Crippen LogP contribution in [0.5, 0.6) is 5.75 Å². The van der Waals surface area contributed by atoms with Gasteiger partial charge in [0, 0.05) is 26.1 Å². The SMILES string of the molecule is CN(C)S(=O)(=O)c1cc2c(c(Cl)c1Cl)OC(CO)C2. The van der Waals surface area contributed by atoms with Gasteiger partial charge in [-0.2, -0.15) is 0 Å². The van der Waals surface area contributed by atoms with Gasteiger partial charge in [0.15, 0.2) is 0 Å². The van der Waals surface area contributed by atoms with Gasteiger partial charge in [-0.15, -0.1) is 0 Å². The molecule has 1 aromatic carbocycles. The zero-order chi connectivity index (χ0) is 14.4. The first kappa shape index (κ1) is 14.9. The summed E-state index contributed by atoms with van der Waals surface area (Å²) in [6.07, 6.45) is -0.0144. The van der Waals surface area contributed by atoms with Crippen LogP contribution in [0.25, 0.3) is 0 Å². The van der Waals surface area contributed by atoms with E-state index in [2.05, 4.69) is 0 Å². The number of fused-ring (bicyclic) bond motifs is 1. The third kappa shape index (κ3) is 2.43. The van der Waals surface area contributed by atoms with E-state index in [1.54, 1.807) is 0 Å². The number of aliphatic hydroxyl groups is 1. The number of sulfonamides is 1. The molecule has 0 aromatic heterocycles. The lowest BCUT2D eigenvalue weighted by Crippen LogP contribution is -2.22. The molecule has 0 spiro atoms. The number of benzene rings is 1. The number of rotatable bonds is 3. The quantitative estimate of drug-likeness (QED) is 0.915. The summed E-state index contributed by atoms with van der Waals surface area (Å²) in [5, 5.41) is 9.09. The highest BCUT2D eigenvalue weighted by Gasteiger charge is 2.31. The van der Waals surface area contributed by atoms with Crippen molar-refractivity contribution < 1.29 is 18.3 Å². The van der Waals surface area contributed by atoms with Crippen LogP contribution in [0.4, 0.5) is 0 Å². The molecule has 5 nitrogen and oxygen atoms in total. The Labute approximate surface area is 121 Å². The molecule has 0 aliphatic carbocycles. The van der Waals surface area contributed by atoms with Gasteiger partial charge in [0.25, 0.3) is 0 Å². The predicted molar refractivity (Wildman–Crippen MR) is 72.5 cm³/mol. The summed E-state index contributed by atoms with van der Waals surface area (Å²) in [6, 6.07) is 1.45. The first-order valence-electron chi connectivity index (χ1n) is 5.50. The average molecular weight is 326 g/mol. The maximum absolute atomic E-state index is 12.1. The van der Waals surface area contributed by atoms with Gasteiger partial charge < -0.3 is 9.84 Å². The minimum Gasteiger partial charge on any atom is -0.486 e. The largest absolute Gasteiger partial charge is 0.486 e. The average Bonchev–Trinajstić information content (AvgIpc) is 2.76. The second-order valence-corrected chi connectivity index (χ2v) is 7.28. The van der Waals surface area contributed by atoms with Gasteiger partial charge in [0.2, 0.25) is 10.0 Å². The standard InChI is InChI=1S/C11H13Cl2NO4S/c1-14(2)19(16,17)8-4-6-3-7(5-15)18-11(6)10(13)9(8)12/h4,7,15H,3,5H2,1-2H3. The smallest absolute Gasteiger partial charge is 0.244 e. The molecule has 1 aliphatic heterocycles. The summed E-state index contributed by atoms with van der Waals surface area (Å²) in [5.41, 5.74) is 0.633. The van der Waals surface area contributed by atoms with Crippen LogP contribution in [-0.4, -0.2) is 44.6 Å². The van der Waals surface area contributed by atoms with Gasteiger partial charge in [-0.1, -0.05) is 23.2 Å². The van der Waals surface area contributed by atoms with Gasteiger partial charge >= 0.3 is 0 Å². The Balaban J connectivity index is 2.60. The highest BCUT2D eigenvalue weighted by atomic mass is 35.5. The second-order valence-electron chi connectivity index (χ2n) is 4.40. The van der Waals surface area contributed by atoms with Crippen molar-refractivity contribution in [1.82, 2.24) is 4.31 Å². The predicted octanol–water partition coefficient (Wildman–Crippen LogP) is 1.54. The summed E-state index contributed by atoms with van der Waals surface area (Å²) >= 11 is 12.1. The van der Waals surface area contributed by atoms with Crippen molar-refractivity contribution in [2.75, 3.05) is 20.7 Å². The zero-order valence-electron chi connectivity index (χ0n) is 10.4. The Morgan fingerprint density at radius 3 is 2.58 bits per heavy atom. The van der Waals surface area contributed by atoms with Gasteiger partial charge in [-0.05, 0) is 6.07 Å². The molecule has 0 amide bonds. The number of nitrogens with zero attached hydrogens (tertiary/aromatic N) is 1. The molecule has 1 heterocycles. The first-order chi connectivity index (χ1) is 8.78. The zero-order valence-corrected chi connectivity index (χ0v) is 12.7. The maximum atomic E-state index is 12.1. The van der Waals surface area contributed by atoms with Crippen molar-refractivity contribution in [3.8, 4) is 5.75 Å². The third-order valence-corrected chi connectivity index (χ3v) is 5.70. The van der Waals surface area contributed by atoms with Crippen LogP contribution < -0.4 is 4.74 Å². The number of aliphatic hydroxyl groups excluding tert-OH is 1. The molecule has 8 heteroatoms. The van der Waals surface area contributed by atoms with E-state index in [-0.39, 0.29) is 21.5 Å².